The SMILES string of the molecule is COC(=O)C(C#N)=C(S)Nc1ccccc1. The summed E-state index contributed by atoms with van der Waals surface area (Å²) in [4.78, 5) is 11.2. The van der Waals surface area contributed by atoms with Crippen molar-refractivity contribution in [1.29, 1.82) is 5.26 Å². The van der Waals surface area contributed by atoms with Crippen molar-refractivity contribution in [3.8, 4) is 6.07 Å². The smallest absolute Gasteiger partial charge is 0.351 e. The van der Waals surface area contributed by atoms with Crippen molar-refractivity contribution >= 4 is 24.3 Å². The molecule has 82 valence electrons. The van der Waals surface area contributed by atoms with E-state index in [4.69, 9.17) is 5.26 Å². The van der Waals surface area contributed by atoms with Crippen LogP contribution in [-0.2, 0) is 9.53 Å². The van der Waals surface area contributed by atoms with E-state index in [2.05, 4.69) is 22.7 Å². The number of carbonyl (C=O) groups is 1. The van der Waals surface area contributed by atoms with E-state index in [0.717, 1.165) is 5.69 Å². The number of nitriles is 1. The fraction of sp³-hybridized carbons (Fsp3) is 0.0909. The maximum atomic E-state index is 11.2. The van der Waals surface area contributed by atoms with Crippen LogP contribution in [0.15, 0.2) is 40.9 Å². The Morgan fingerprint density at radius 3 is 2.56 bits per heavy atom. The second-order valence-corrected chi connectivity index (χ2v) is 3.27. The zero-order valence-electron chi connectivity index (χ0n) is 8.60. The molecule has 1 rings (SSSR count). The van der Waals surface area contributed by atoms with E-state index < -0.39 is 5.97 Å². The summed E-state index contributed by atoms with van der Waals surface area (Å²) in [5.74, 6) is -0.712. The quantitative estimate of drug-likeness (QED) is 0.363. The van der Waals surface area contributed by atoms with E-state index in [9.17, 15) is 4.79 Å². The summed E-state index contributed by atoms with van der Waals surface area (Å²) >= 11 is 4.06. The molecule has 0 atom stereocenters. The van der Waals surface area contributed by atoms with Gasteiger partial charge in [-0.25, -0.2) is 4.79 Å². The summed E-state index contributed by atoms with van der Waals surface area (Å²) in [6, 6.07) is 10.8. The van der Waals surface area contributed by atoms with Gasteiger partial charge in [0, 0.05) is 5.69 Å². The zero-order valence-corrected chi connectivity index (χ0v) is 9.49. The topological polar surface area (TPSA) is 62.1 Å². The molecular weight excluding hydrogens is 224 g/mol. The van der Waals surface area contributed by atoms with Gasteiger partial charge in [-0.15, -0.1) is 12.6 Å². The molecule has 0 fully saturated rings. The minimum Gasteiger partial charge on any atom is -0.465 e. The minimum absolute atomic E-state index is 0.158. The highest BCUT2D eigenvalue weighted by molar-refractivity contribution is 7.84. The van der Waals surface area contributed by atoms with Crippen molar-refractivity contribution in [2.75, 3.05) is 12.4 Å². The van der Waals surface area contributed by atoms with Crippen molar-refractivity contribution in [2.24, 2.45) is 0 Å². The van der Waals surface area contributed by atoms with Crippen molar-refractivity contribution in [1.82, 2.24) is 0 Å². The molecule has 0 heterocycles. The first-order valence-corrected chi connectivity index (χ1v) is 4.87. The third kappa shape index (κ3) is 3.04. The summed E-state index contributed by atoms with van der Waals surface area (Å²) in [6.07, 6.45) is 0. The number of thiol groups is 1. The molecule has 0 spiro atoms. The van der Waals surface area contributed by atoms with Gasteiger partial charge in [-0.2, -0.15) is 5.26 Å². The van der Waals surface area contributed by atoms with Crippen molar-refractivity contribution in [3.05, 3.63) is 40.9 Å². The molecule has 0 aliphatic heterocycles. The molecule has 0 unspecified atom stereocenters. The number of rotatable bonds is 3. The number of nitrogens with zero attached hydrogens (tertiary/aromatic N) is 1. The highest BCUT2D eigenvalue weighted by Crippen LogP contribution is 2.15. The number of anilines is 1. The predicted octanol–water partition coefficient (Wildman–Crippen LogP) is 1.94. The molecule has 0 aliphatic rings. The van der Waals surface area contributed by atoms with Crippen LogP contribution in [0.4, 0.5) is 5.69 Å². The molecular formula is C11H10N2O2S. The molecule has 1 aromatic rings. The van der Waals surface area contributed by atoms with Crippen molar-refractivity contribution in [2.45, 2.75) is 0 Å². The summed E-state index contributed by atoms with van der Waals surface area (Å²) in [7, 11) is 1.21. The second-order valence-electron chi connectivity index (χ2n) is 2.82. The first-order chi connectivity index (χ1) is 7.69. The van der Waals surface area contributed by atoms with Gasteiger partial charge in [-0.05, 0) is 12.1 Å². The average Bonchev–Trinajstić information content (AvgIpc) is 2.31. The lowest BCUT2D eigenvalue weighted by Crippen LogP contribution is -2.08. The van der Waals surface area contributed by atoms with Gasteiger partial charge in [0.1, 0.15) is 6.07 Å². The molecule has 1 N–H and O–H groups in total. The first kappa shape index (κ1) is 12.1. The first-order valence-electron chi connectivity index (χ1n) is 4.42. The van der Waals surface area contributed by atoms with Crippen LogP contribution < -0.4 is 5.32 Å². The van der Waals surface area contributed by atoms with Crippen LogP contribution in [-0.4, -0.2) is 13.1 Å². The molecule has 0 amide bonds. The van der Waals surface area contributed by atoms with Crippen LogP contribution in [0.2, 0.25) is 0 Å². The fourth-order valence-corrected chi connectivity index (χ4v) is 1.29. The van der Waals surface area contributed by atoms with E-state index in [-0.39, 0.29) is 10.6 Å². The van der Waals surface area contributed by atoms with E-state index in [0.29, 0.717) is 0 Å². The van der Waals surface area contributed by atoms with Gasteiger partial charge in [0.25, 0.3) is 0 Å². The molecule has 0 saturated carbocycles. The van der Waals surface area contributed by atoms with E-state index >= 15 is 0 Å². The summed E-state index contributed by atoms with van der Waals surface area (Å²) in [5.41, 5.74) is 0.582. The lowest BCUT2D eigenvalue weighted by atomic mass is 10.3. The zero-order chi connectivity index (χ0) is 12.0. The van der Waals surface area contributed by atoms with E-state index in [1.165, 1.54) is 7.11 Å². The Bertz CT molecular complexity index is 449. The molecule has 4 nitrogen and oxygen atoms in total. The van der Waals surface area contributed by atoms with Gasteiger partial charge < -0.3 is 10.1 Å². The largest absolute Gasteiger partial charge is 0.465 e. The third-order valence-electron chi connectivity index (χ3n) is 1.77. The van der Waals surface area contributed by atoms with Crippen LogP contribution in [0.3, 0.4) is 0 Å². The maximum absolute atomic E-state index is 11.2. The van der Waals surface area contributed by atoms with Crippen LogP contribution >= 0.6 is 12.6 Å². The minimum atomic E-state index is -0.712. The Hall–Kier alpha value is -1.93. The molecule has 0 bridgehead atoms. The number of para-hydroxylation sites is 1. The Kier molecular flexibility index (Phi) is 4.42. The number of hydrogen-bond donors (Lipinski definition) is 2. The Balaban J connectivity index is 2.92. The number of benzene rings is 1. The number of ether oxygens (including phenoxy) is 1. The highest BCUT2D eigenvalue weighted by atomic mass is 32.1. The van der Waals surface area contributed by atoms with E-state index in [1.54, 1.807) is 18.2 Å². The summed E-state index contributed by atoms with van der Waals surface area (Å²) < 4.78 is 4.45. The standard InChI is InChI=1S/C11H10N2O2S/c1-15-11(14)9(7-12)10(16)13-8-5-3-2-4-6-8/h2-6,13,16H,1H3. The van der Waals surface area contributed by atoms with E-state index in [1.807, 2.05) is 18.2 Å². The van der Waals surface area contributed by atoms with Crippen LogP contribution in [0.1, 0.15) is 0 Å². The van der Waals surface area contributed by atoms with Crippen LogP contribution in [0, 0.1) is 11.3 Å². The maximum Gasteiger partial charge on any atom is 0.351 e. The molecule has 16 heavy (non-hydrogen) atoms. The molecule has 0 saturated heterocycles. The second kappa shape index (κ2) is 5.83. The van der Waals surface area contributed by atoms with Gasteiger partial charge in [-0.1, -0.05) is 18.2 Å². The van der Waals surface area contributed by atoms with Crippen molar-refractivity contribution in [3.63, 3.8) is 0 Å². The molecule has 0 aromatic heterocycles. The molecule has 0 radical (unpaired) electrons. The van der Waals surface area contributed by atoms with Gasteiger partial charge in [0.15, 0.2) is 5.57 Å². The Morgan fingerprint density at radius 1 is 1.44 bits per heavy atom. The van der Waals surface area contributed by atoms with Crippen molar-refractivity contribution < 1.29 is 9.53 Å². The summed E-state index contributed by atoms with van der Waals surface area (Å²) in [6.45, 7) is 0. The Morgan fingerprint density at radius 2 is 2.06 bits per heavy atom. The predicted molar refractivity (Wildman–Crippen MR) is 63.7 cm³/mol. The third-order valence-corrected chi connectivity index (χ3v) is 2.11. The fourth-order valence-electron chi connectivity index (χ4n) is 1.02. The molecule has 1 aromatic carbocycles. The molecule has 0 aliphatic carbocycles. The lowest BCUT2D eigenvalue weighted by Gasteiger charge is -2.06. The van der Waals surface area contributed by atoms with Gasteiger partial charge in [0.2, 0.25) is 0 Å². The average molecular weight is 234 g/mol. The molecule has 5 heteroatoms. The number of nitrogens with one attached hydrogen (secondary N) is 1. The number of hydrogen-bond acceptors (Lipinski definition) is 5. The van der Waals surface area contributed by atoms with Gasteiger partial charge in [-0.3, -0.25) is 0 Å². The Labute approximate surface area is 98.9 Å². The highest BCUT2D eigenvalue weighted by Gasteiger charge is 2.13. The van der Waals surface area contributed by atoms with Crippen LogP contribution in [0.5, 0.6) is 0 Å². The monoisotopic (exact) mass is 234 g/mol. The lowest BCUT2D eigenvalue weighted by molar-refractivity contribution is -0.135. The van der Waals surface area contributed by atoms with Gasteiger partial charge >= 0.3 is 5.97 Å². The number of esters is 1. The number of methoxy groups -OCH3 is 1. The normalized spacial score (nSPS) is 11.1. The summed E-state index contributed by atoms with van der Waals surface area (Å²) in [5, 5.41) is 11.8. The number of carbonyl (C=O) groups excluding carboxylic acids is 1. The van der Waals surface area contributed by atoms with Crippen LogP contribution in [0.25, 0.3) is 0 Å². The van der Waals surface area contributed by atoms with Gasteiger partial charge in [0.05, 0.1) is 12.1 Å².